The second kappa shape index (κ2) is 8.64. The van der Waals surface area contributed by atoms with Crippen LogP contribution >= 0.6 is 0 Å². The first-order chi connectivity index (χ1) is 9.63. The lowest BCUT2D eigenvalue weighted by atomic mass is 9.85. The van der Waals surface area contributed by atoms with Gasteiger partial charge in [0.2, 0.25) is 0 Å². The highest BCUT2D eigenvalue weighted by molar-refractivity contribution is 5.14. The number of hydrogen-bond donors (Lipinski definition) is 1. The maximum Gasteiger partial charge on any atom is 0.109 e. The Morgan fingerprint density at radius 1 is 1.35 bits per heavy atom. The molecule has 116 valence electrons. The van der Waals surface area contributed by atoms with E-state index in [-0.39, 0.29) is 5.54 Å². The molecule has 0 saturated heterocycles. The summed E-state index contributed by atoms with van der Waals surface area (Å²) < 4.78 is 0. The van der Waals surface area contributed by atoms with Gasteiger partial charge in [0, 0.05) is 6.04 Å². The lowest BCUT2D eigenvalue weighted by molar-refractivity contribution is 0.196. The first-order valence-electron chi connectivity index (χ1n) is 8.50. The van der Waals surface area contributed by atoms with Crippen molar-refractivity contribution in [3.05, 3.63) is 0 Å². The van der Waals surface area contributed by atoms with Crippen molar-refractivity contribution in [2.24, 2.45) is 5.92 Å². The molecule has 0 heterocycles. The van der Waals surface area contributed by atoms with Gasteiger partial charge in [0.1, 0.15) is 5.54 Å². The van der Waals surface area contributed by atoms with E-state index in [1.165, 1.54) is 25.7 Å². The predicted octanol–water partition coefficient (Wildman–Crippen LogP) is 3.56. The Morgan fingerprint density at radius 3 is 2.60 bits per heavy atom. The van der Waals surface area contributed by atoms with Gasteiger partial charge in [0.25, 0.3) is 0 Å². The molecule has 0 aromatic heterocycles. The van der Waals surface area contributed by atoms with Crippen LogP contribution in [0.5, 0.6) is 0 Å². The molecule has 0 bridgehead atoms. The highest BCUT2D eigenvalue weighted by Gasteiger charge is 2.42. The van der Waals surface area contributed by atoms with Crippen molar-refractivity contribution >= 4 is 0 Å². The maximum atomic E-state index is 9.65. The summed E-state index contributed by atoms with van der Waals surface area (Å²) in [5, 5.41) is 13.2. The summed E-state index contributed by atoms with van der Waals surface area (Å²) in [7, 11) is 2.24. The molecule has 0 spiro atoms. The molecule has 3 heteroatoms. The summed E-state index contributed by atoms with van der Waals surface area (Å²) >= 11 is 0. The summed E-state index contributed by atoms with van der Waals surface area (Å²) in [6.45, 7) is 8.79. The van der Waals surface area contributed by atoms with E-state index >= 15 is 0 Å². The van der Waals surface area contributed by atoms with Crippen molar-refractivity contribution in [3.63, 3.8) is 0 Å². The van der Waals surface area contributed by atoms with E-state index in [0.29, 0.717) is 12.0 Å². The van der Waals surface area contributed by atoms with Gasteiger partial charge >= 0.3 is 0 Å². The molecule has 2 atom stereocenters. The van der Waals surface area contributed by atoms with Crippen molar-refractivity contribution in [1.82, 2.24) is 10.2 Å². The SMILES string of the molecule is CCCNC1(C#N)CCCC1CCN(C)C(CC)CC. The minimum atomic E-state index is -0.245. The minimum absolute atomic E-state index is 0.245. The molecule has 0 aromatic rings. The number of nitriles is 1. The van der Waals surface area contributed by atoms with Gasteiger partial charge in [0.15, 0.2) is 0 Å². The van der Waals surface area contributed by atoms with Crippen LogP contribution in [0.1, 0.15) is 65.7 Å². The topological polar surface area (TPSA) is 39.1 Å². The standard InChI is InChI=1S/C17H33N3/c1-5-12-19-17(14-18)11-8-9-15(17)10-13-20(4)16(6-2)7-3/h15-16,19H,5-13H2,1-4H3. The van der Waals surface area contributed by atoms with E-state index in [2.05, 4.69) is 44.1 Å². The van der Waals surface area contributed by atoms with Gasteiger partial charge in [-0.2, -0.15) is 5.26 Å². The van der Waals surface area contributed by atoms with Crippen molar-refractivity contribution in [1.29, 1.82) is 5.26 Å². The Labute approximate surface area is 125 Å². The van der Waals surface area contributed by atoms with Crippen molar-refractivity contribution < 1.29 is 0 Å². The third-order valence-electron chi connectivity index (χ3n) is 5.11. The van der Waals surface area contributed by atoms with Gasteiger partial charge in [-0.05, 0) is 64.6 Å². The summed E-state index contributed by atoms with van der Waals surface area (Å²) in [6.07, 6.45) is 8.12. The Kier molecular flexibility index (Phi) is 7.55. The van der Waals surface area contributed by atoms with E-state index in [1.807, 2.05) is 0 Å². The van der Waals surface area contributed by atoms with E-state index in [1.54, 1.807) is 0 Å². The number of nitrogens with zero attached hydrogens (tertiary/aromatic N) is 2. The summed E-state index contributed by atoms with van der Waals surface area (Å²) in [4.78, 5) is 2.49. The fraction of sp³-hybridized carbons (Fsp3) is 0.941. The normalized spacial score (nSPS) is 26.4. The average Bonchev–Trinajstić information content (AvgIpc) is 2.87. The quantitative estimate of drug-likeness (QED) is 0.701. The van der Waals surface area contributed by atoms with Gasteiger partial charge in [-0.25, -0.2) is 0 Å². The van der Waals surface area contributed by atoms with Crippen LogP contribution in [0.2, 0.25) is 0 Å². The smallest absolute Gasteiger partial charge is 0.109 e. The second-order valence-corrected chi connectivity index (χ2v) is 6.34. The lowest BCUT2D eigenvalue weighted by Crippen LogP contribution is -2.48. The van der Waals surface area contributed by atoms with Crippen LogP contribution in [0, 0.1) is 17.2 Å². The third kappa shape index (κ3) is 4.20. The molecule has 0 radical (unpaired) electrons. The molecule has 1 rings (SSSR count). The lowest BCUT2D eigenvalue weighted by Gasteiger charge is -2.33. The molecule has 0 aliphatic heterocycles. The zero-order chi connectivity index (χ0) is 15.0. The van der Waals surface area contributed by atoms with Crippen LogP contribution in [-0.4, -0.2) is 36.6 Å². The number of rotatable bonds is 9. The molecule has 1 saturated carbocycles. The second-order valence-electron chi connectivity index (χ2n) is 6.34. The Hall–Kier alpha value is -0.590. The van der Waals surface area contributed by atoms with Gasteiger partial charge in [-0.15, -0.1) is 0 Å². The molecular weight excluding hydrogens is 246 g/mol. The van der Waals surface area contributed by atoms with E-state index in [9.17, 15) is 5.26 Å². The molecule has 0 aromatic carbocycles. The zero-order valence-corrected chi connectivity index (χ0v) is 13.9. The summed E-state index contributed by atoms with van der Waals surface area (Å²) in [5.41, 5.74) is -0.245. The van der Waals surface area contributed by atoms with Gasteiger partial charge in [-0.3, -0.25) is 5.32 Å². The fourth-order valence-electron chi connectivity index (χ4n) is 3.69. The van der Waals surface area contributed by atoms with Crippen LogP contribution in [0.3, 0.4) is 0 Å². The zero-order valence-electron chi connectivity index (χ0n) is 13.9. The first kappa shape index (κ1) is 17.5. The summed E-state index contributed by atoms with van der Waals surface area (Å²) in [6, 6.07) is 3.30. The van der Waals surface area contributed by atoms with Crippen LogP contribution in [-0.2, 0) is 0 Å². The third-order valence-corrected chi connectivity index (χ3v) is 5.11. The predicted molar refractivity (Wildman–Crippen MR) is 85.6 cm³/mol. The highest BCUT2D eigenvalue weighted by Crippen LogP contribution is 2.37. The van der Waals surface area contributed by atoms with Crippen LogP contribution in [0.25, 0.3) is 0 Å². The molecule has 1 aliphatic rings. The highest BCUT2D eigenvalue weighted by atomic mass is 15.1. The largest absolute Gasteiger partial charge is 0.303 e. The number of hydrogen-bond acceptors (Lipinski definition) is 3. The van der Waals surface area contributed by atoms with Crippen molar-refractivity contribution in [2.75, 3.05) is 20.1 Å². The van der Waals surface area contributed by atoms with Crippen LogP contribution < -0.4 is 5.32 Å². The molecule has 2 unspecified atom stereocenters. The monoisotopic (exact) mass is 279 g/mol. The van der Waals surface area contributed by atoms with Crippen LogP contribution in [0.15, 0.2) is 0 Å². The maximum absolute atomic E-state index is 9.65. The van der Waals surface area contributed by atoms with Gasteiger partial charge < -0.3 is 4.90 Å². The fourth-order valence-corrected chi connectivity index (χ4v) is 3.69. The minimum Gasteiger partial charge on any atom is -0.303 e. The Balaban J connectivity index is 2.55. The van der Waals surface area contributed by atoms with E-state index < -0.39 is 0 Å². The molecule has 3 nitrogen and oxygen atoms in total. The first-order valence-corrected chi connectivity index (χ1v) is 8.50. The Bertz CT molecular complexity index is 306. The van der Waals surface area contributed by atoms with E-state index in [4.69, 9.17) is 0 Å². The summed E-state index contributed by atoms with van der Waals surface area (Å²) in [5.74, 6) is 0.524. The number of nitrogens with one attached hydrogen (secondary N) is 1. The molecule has 20 heavy (non-hydrogen) atoms. The molecule has 1 aliphatic carbocycles. The average molecular weight is 279 g/mol. The molecule has 0 amide bonds. The van der Waals surface area contributed by atoms with Gasteiger partial charge in [0.05, 0.1) is 6.07 Å². The van der Waals surface area contributed by atoms with Gasteiger partial charge in [-0.1, -0.05) is 27.2 Å². The Morgan fingerprint density at radius 2 is 2.05 bits per heavy atom. The van der Waals surface area contributed by atoms with Crippen molar-refractivity contribution in [3.8, 4) is 6.07 Å². The van der Waals surface area contributed by atoms with Crippen LogP contribution in [0.4, 0.5) is 0 Å². The molecule has 1 fully saturated rings. The van der Waals surface area contributed by atoms with E-state index in [0.717, 1.165) is 32.4 Å². The van der Waals surface area contributed by atoms with Crippen molar-refractivity contribution in [2.45, 2.75) is 77.3 Å². The molecule has 1 N–H and O–H groups in total. The molecular formula is C17H33N3.